The quantitative estimate of drug-likeness (QED) is 0.886. The number of allylic oxidation sites excluding steroid dienone is 5. The van der Waals surface area contributed by atoms with Crippen molar-refractivity contribution < 1.29 is 5.11 Å². The van der Waals surface area contributed by atoms with Crippen LogP contribution in [0.5, 0.6) is 0 Å². The number of likely N-dealkylation sites (N-methyl/N-ethyl adjacent to an activating group) is 1. The summed E-state index contributed by atoms with van der Waals surface area (Å²) in [5.41, 5.74) is 4.06. The van der Waals surface area contributed by atoms with E-state index in [-0.39, 0.29) is 6.61 Å². The third-order valence-electron chi connectivity index (χ3n) is 3.46. The molecule has 0 saturated carbocycles. The molecule has 0 atom stereocenters. The molecule has 1 heterocycles. The molecular weight excluding hydrogens is 254 g/mol. The Labute approximate surface area is 119 Å². The average molecular weight is 275 g/mol. The van der Waals surface area contributed by atoms with Crippen LogP contribution in [0.15, 0.2) is 46.5 Å². The molecule has 19 heavy (non-hydrogen) atoms. The first kappa shape index (κ1) is 14.1. The van der Waals surface area contributed by atoms with Crippen LogP contribution in [-0.2, 0) is 0 Å². The zero-order valence-electron chi connectivity index (χ0n) is 11.6. The number of aliphatic hydroxyl groups excluding tert-OH is 1. The van der Waals surface area contributed by atoms with Crippen LogP contribution in [0.2, 0.25) is 0 Å². The Morgan fingerprint density at radius 2 is 2.21 bits per heavy atom. The van der Waals surface area contributed by atoms with Crippen LogP contribution < -0.4 is 0 Å². The van der Waals surface area contributed by atoms with Gasteiger partial charge in [-0.3, -0.25) is 0 Å². The van der Waals surface area contributed by atoms with Gasteiger partial charge in [0.15, 0.2) is 0 Å². The van der Waals surface area contributed by atoms with Crippen molar-refractivity contribution in [3.63, 3.8) is 0 Å². The van der Waals surface area contributed by atoms with Gasteiger partial charge in [-0.05, 0) is 54.5 Å². The van der Waals surface area contributed by atoms with Gasteiger partial charge < -0.3 is 10.0 Å². The second-order valence-electron chi connectivity index (χ2n) is 4.84. The van der Waals surface area contributed by atoms with E-state index in [9.17, 15) is 0 Å². The van der Waals surface area contributed by atoms with E-state index in [4.69, 9.17) is 5.11 Å². The molecule has 0 aliphatic heterocycles. The van der Waals surface area contributed by atoms with E-state index < -0.39 is 0 Å². The van der Waals surface area contributed by atoms with Crippen molar-refractivity contribution in [2.45, 2.75) is 19.8 Å². The summed E-state index contributed by atoms with van der Waals surface area (Å²) in [6, 6.07) is 4.21. The van der Waals surface area contributed by atoms with E-state index >= 15 is 0 Å². The molecule has 1 aliphatic rings. The Balaban J connectivity index is 2.08. The minimum absolute atomic E-state index is 0.210. The average Bonchev–Trinajstić information content (AvgIpc) is 2.90. The molecule has 1 aromatic heterocycles. The Morgan fingerprint density at radius 3 is 2.84 bits per heavy atom. The smallest absolute Gasteiger partial charge is 0.0606 e. The first-order valence-corrected chi connectivity index (χ1v) is 7.52. The fourth-order valence-corrected chi connectivity index (χ4v) is 2.87. The first-order valence-electron chi connectivity index (χ1n) is 6.64. The number of nitrogens with zero attached hydrogens (tertiary/aromatic N) is 1. The SMILES string of the molecule is CC1=C(/C=C/c2cccs2)CCC(N(C)CCO)=C1. The highest BCUT2D eigenvalue weighted by Crippen LogP contribution is 2.27. The Bertz CT molecular complexity index is 497. The lowest BCUT2D eigenvalue weighted by molar-refractivity contribution is 0.242. The van der Waals surface area contributed by atoms with E-state index in [2.05, 4.69) is 47.6 Å². The van der Waals surface area contributed by atoms with Crippen molar-refractivity contribution in [1.29, 1.82) is 0 Å². The Hall–Kier alpha value is -1.32. The van der Waals surface area contributed by atoms with Gasteiger partial charge in [0.25, 0.3) is 0 Å². The molecule has 2 nitrogen and oxygen atoms in total. The molecule has 0 amide bonds. The van der Waals surface area contributed by atoms with Crippen molar-refractivity contribution in [2.75, 3.05) is 20.2 Å². The van der Waals surface area contributed by atoms with Crippen LogP contribution in [0.25, 0.3) is 6.08 Å². The highest BCUT2D eigenvalue weighted by atomic mass is 32.1. The second kappa shape index (κ2) is 6.73. The van der Waals surface area contributed by atoms with Gasteiger partial charge in [0.1, 0.15) is 0 Å². The summed E-state index contributed by atoms with van der Waals surface area (Å²) in [7, 11) is 2.04. The highest BCUT2D eigenvalue weighted by Gasteiger charge is 2.11. The minimum Gasteiger partial charge on any atom is -0.395 e. The van der Waals surface area contributed by atoms with Gasteiger partial charge in [-0.15, -0.1) is 11.3 Å². The minimum atomic E-state index is 0.210. The zero-order valence-corrected chi connectivity index (χ0v) is 12.4. The fourth-order valence-electron chi connectivity index (χ4n) is 2.25. The Morgan fingerprint density at radius 1 is 1.37 bits per heavy atom. The van der Waals surface area contributed by atoms with Gasteiger partial charge in [0, 0.05) is 24.2 Å². The molecule has 0 radical (unpaired) electrons. The summed E-state index contributed by atoms with van der Waals surface area (Å²) in [6.07, 6.45) is 8.81. The highest BCUT2D eigenvalue weighted by molar-refractivity contribution is 7.10. The molecule has 0 fully saturated rings. The van der Waals surface area contributed by atoms with Crippen molar-refractivity contribution in [3.05, 3.63) is 51.4 Å². The predicted molar refractivity (Wildman–Crippen MR) is 83.1 cm³/mol. The van der Waals surface area contributed by atoms with Crippen LogP contribution in [0.1, 0.15) is 24.6 Å². The normalized spacial score (nSPS) is 16.1. The third kappa shape index (κ3) is 3.82. The Kier molecular flexibility index (Phi) is 5.00. The molecule has 0 aromatic carbocycles. The van der Waals surface area contributed by atoms with Crippen LogP contribution in [0, 0.1) is 0 Å². The maximum absolute atomic E-state index is 8.98. The van der Waals surface area contributed by atoms with Crippen molar-refractivity contribution in [3.8, 4) is 0 Å². The molecule has 1 N–H and O–H groups in total. The second-order valence-corrected chi connectivity index (χ2v) is 5.82. The maximum Gasteiger partial charge on any atom is 0.0606 e. The van der Waals surface area contributed by atoms with Gasteiger partial charge in [-0.25, -0.2) is 0 Å². The number of hydrogen-bond acceptors (Lipinski definition) is 3. The molecule has 0 unspecified atom stereocenters. The summed E-state index contributed by atoms with van der Waals surface area (Å²) in [4.78, 5) is 3.44. The van der Waals surface area contributed by atoms with E-state index in [1.165, 1.54) is 21.7 Å². The van der Waals surface area contributed by atoms with Gasteiger partial charge >= 0.3 is 0 Å². The van der Waals surface area contributed by atoms with E-state index in [1.807, 2.05) is 7.05 Å². The van der Waals surface area contributed by atoms with Gasteiger partial charge in [0.05, 0.1) is 6.61 Å². The summed E-state index contributed by atoms with van der Waals surface area (Å²) in [5, 5.41) is 11.1. The molecule has 3 heteroatoms. The van der Waals surface area contributed by atoms with Crippen LogP contribution in [-0.4, -0.2) is 30.2 Å². The fraction of sp³-hybridized carbons (Fsp3) is 0.375. The van der Waals surface area contributed by atoms with Crippen molar-refractivity contribution >= 4 is 17.4 Å². The monoisotopic (exact) mass is 275 g/mol. The lowest BCUT2D eigenvalue weighted by Crippen LogP contribution is -2.22. The van der Waals surface area contributed by atoms with E-state index in [0.29, 0.717) is 6.54 Å². The molecule has 102 valence electrons. The zero-order chi connectivity index (χ0) is 13.7. The number of hydrogen-bond donors (Lipinski definition) is 1. The molecule has 0 spiro atoms. The third-order valence-corrected chi connectivity index (χ3v) is 4.30. The van der Waals surface area contributed by atoms with Crippen molar-refractivity contribution in [1.82, 2.24) is 4.90 Å². The summed E-state index contributed by atoms with van der Waals surface area (Å²) < 4.78 is 0. The lowest BCUT2D eigenvalue weighted by atomic mass is 9.95. The first-order chi connectivity index (χ1) is 9.20. The molecule has 1 aliphatic carbocycles. The summed E-state index contributed by atoms with van der Waals surface area (Å²) in [6.45, 7) is 3.08. The standard InChI is InChI=1S/C16H21NOS/c1-13-12-15(17(2)9-10-18)7-5-14(13)6-8-16-4-3-11-19-16/h3-4,6,8,11-12,18H,5,7,9-10H2,1-2H3/b8-6+. The topological polar surface area (TPSA) is 23.5 Å². The largest absolute Gasteiger partial charge is 0.395 e. The number of aliphatic hydroxyl groups is 1. The molecule has 2 rings (SSSR count). The van der Waals surface area contributed by atoms with E-state index in [1.54, 1.807) is 11.3 Å². The summed E-state index contributed by atoms with van der Waals surface area (Å²) in [5.74, 6) is 0. The van der Waals surface area contributed by atoms with Gasteiger partial charge in [-0.1, -0.05) is 12.1 Å². The van der Waals surface area contributed by atoms with E-state index in [0.717, 1.165) is 12.8 Å². The molecule has 1 aromatic rings. The van der Waals surface area contributed by atoms with Crippen LogP contribution in [0.3, 0.4) is 0 Å². The van der Waals surface area contributed by atoms with Crippen LogP contribution in [0.4, 0.5) is 0 Å². The number of rotatable bonds is 5. The van der Waals surface area contributed by atoms with Crippen molar-refractivity contribution in [2.24, 2.45) is 0 Å². The van der Waals surface area contributed by atoms with Crippen LogP contribution >= 0.6 is 11.3 Å². The number of thiophene rings is 1. The molecule has 0 bridgehead atoms. The predicted octanol–water partition coefficient (Wildman–Crippen LogP) is 3.68. The van der Waals surface area contributed by atoms with Gasteiger partial charge in [-0.2, -0.15) is 0 Å². The summed E-state index contributed by atoms with van der Waals surface area (Å²) >= 11 is 1.76. The molecule has 0 saturated heterocycles. The maximum atomic E-state index is 8.98. The lowest BCUT2D eigenvalue weighted by Gasteiger charge is -2.25. The molecular formula is C16H21NOS. The van der Waals surface area contributed by atoms with Gasteiger partial charge in [0.2, 0.25) is 0 Å².